The Morgan fingerprint density at radius 2 is 1.12 bits per heavy atom. The SMILES string of the molecule is Cc1c(-c2ccccc2)c(-c2ccccc2)c2cccc3c2c1C(=O)N3c1ccccc1. The van der Waals surface area contributed by atoms with E-state index >= 15 is 0 Å². The number of anilines is 2. The van der Waals surface area contributed by atoms with Crippen LogP contribution < -0.4 is 4.90 Å². The Bertz CT molecular complexity index is 1470. The van der Waals surface area contributed by atoms with Crippen LogP contribution in [0.3, 0.4) is 0 Å². The molecule has 1 aliphatic heterocycles. The molecule has 0 unspecified atom stereocenters. The van der Waals surface area contributed by atoms with Gasteiger partial charge in [0.25, 0.3) is 5.91 Å². The average Bonchev–Trinajstić information content (AvgIpc) is 3.16. The van der Waals surface area contributed by atoms with Crippen molar-refractivity contribution in [1.29, 1.82) is 0 Å². The first-order valence-electron chi connectivity index (χ1n) is 10.9. The Kier molecular flexibility index (Phi) is 4.19. The van der Waals surface area contributed by atoms with Gasteiger partial charge in [0.05, 0.1) is 11.3 Å². The normalized spacial score (nSPS) is 12.5. The summed E-state index contributed by atoms with van der Waals surface area (Å²) < 4.78 is 0. The monoisotopic (exact) mass is 411 g/mol. The van der Waals surface area contributed by atoms with Crippen LogP contribution in [0.15, 0.2) is 109 Å². The summed E-state index contributed by atoms with van der Waals surface area (Å²) in [4.78, 5) is 15.7. The number of carbonyl (C=O) groups is 1. The van der Waals surface area contributed by atoms with Crippen molar-refractivity contribution in [1.82, 2.24) is 0 Å². The molecule has 0 saturated carbocycles. The zero-order chi connectivity index (χ0) is 21.7. The zero-order valence-electron chi connectivity index (χ0n) is 17.7. The van der Waals surface area contributed by atoms with Crippen molar-refractivity contribution in [2.75, 3.05) is 4.90 Å². The summed E-state index contributed by atoms with van der Waals surface area (Å²) in [5.41, 5.74) is 8.26. The Hall–Kier alpha value is -4.17. The summed E-state index contributed by atoms with van der Waals surface area (Å²) in [5.74, 6) is 0.0386. The lowest BCUT2D eigenvalue weighted by molar-refractivity contribution is 0.100. The van der Waals surface area contributed by atoms with Crippen LogP contribution in [0.1, 0.15) is 15.9 Å². The van der Waals surface area contributed by atoms with Crippen LogP contribution in [0.25, 0.3) is 33.0 Å². The molecule has 0 fully saturated rings. The standard InChI is InChI=1S/C30H21NO/c1-20-26(21-12-5-2-6-13-21)28(22-14-7-3-8-15-22)24-18-11-19-25-29(24)27(20)30(32)31(25)23-16-9-4-10-17-23/h2-19H,1H3. The van der Waals surface area contributed by atoms with Crippen LogP contribution in [0.2, 0.25) is 0 Å². The molecule has 0 radical (unpaired) electrons. The second kappa shape index (κ2) is 7.21. The van der Waals surface area contributed by atoms with E-state index < -0.39 is 0 Å². The van der Waals surface area contributed by atoms with Gasteiger partial charge in [-0.15, -0.1) is 0 Å². The molecule has 32 heavy (non-hydrogen) atoms. The van der Waals surface area contributed by atoms with Gasteiger partial charge in [0, 0.05) is 11.1 Å². The first-order valence-corrected chi connectivity index (χ1v) is 10.9. The highest BCUT2D eigenvalue weighted by Gasteiger charge is 2.35. The minimum atomic E-state index is 0.0386. The maximum absolute atomic E-state index is 13.9. The van der Waals surface area contributed by atoms with E-state index in [-0.39, 0.29) is 5.91 Å². The fourth-order valence-corrected chi connectivity index (χ4v) is 5.02. The van der Waals surface area contributed by atoms with Crippen LogP contribution in [0.4, 0.5) is 11.4 Å². The molecule has 1 aliphatic rings. The highest BCUT2D eigenvalue weighted by Crippen LogP contribution is 2.50. The van der Waals surface area contributed by atoms with Crippen molar-refractivity contribution in [3.05, 3.63) is 120 Å². The summed E-state index contributed by atoms with van der Waals surface area (Å²) >= 11 is 0. The van der Waals surface area contributed by atoms with E-state index in [0.29, 0.717) is 0 Å². The van der Waals surface area contributed by atoms with E-state index in [4.69, 9.17) is 0 Å². The molecule has 1 amide bonds. The van der Waals surface area contributed by atoms with Gasteiger partial charge in [-0.3, -0.25) is 9.69 Å². The molecule has 0 aliphatic carbocycles. The second-order valence-electron chi connectivity index (χ2n) is 8.16. The van der Waals surface area contributed by atoms with Gasteiger partial charge in [-0.25, -0.2) is 0 Å². The van der Waals surface area contributed by atoms with Gasteiger partial charge in [-0.1, -0.05) is 91.0 Å². The lowest BCUT2D eigenvalue weighted by Crippen LogP contribution is -2.21. The number of hydrogen-bond acceptors (Lipinski definition) is 1. The molecule has 2 heteroatoms. The van der Waals surface area contributed by atoms with Crippen LogP contribution in [-0.4, -0.2) is 5.91 Å². The Morgan fingerprint density at radius 1 is 0.562 bits per heavy atom. The Balaban J connectivity index is 1.76. The third kappa shape index (κ3) is 2.63. The number of nitrogens with zero attached hydrogens (tertiary/aromatic N) is 1. The lowest BCUT2D eigenvalue weighted by atomic mass is 9.84. The molecule has 152 valence electrons. The van der Waals surface area contributed by atoms with Crippen LogP contribution in [-0.2, 0) is 0 Å². The van der Waals surface area contributed by atoms with Gasteiger partial charge in [0.2, 0.25) is 0 Å². The van der Waals surface area contributed by atoms with Crippen molar-refractivity contribution in [2.24, 2.45) is 0 Å². The first-order chi connectivity index (χ1) is 15.8. The number of benzene rings is 5. The topological polar surface area (TPSA) is 20.3 Å². The predicted octanol–water partition coefficient (Wildman–Crippen LogP) is 7.77. The van der Waals surface area contributed by atoms with E-state index in [0.717, 1.165) is 50.0 Å². The van der Waals surface area contributed by atoms with Crippen molar-refractivity contribution in [2.45, 2.75) is 6.92 Å². The van der Waals surface area contributed by atoms with Crippen molar-refractivity contribution in [3.8, 4) is 22.3 Å². The average molecular weight is 412 g/mol. The zero-order valence-corrected chi connectivity index (χ0v) is 17.7. The Labute approximate surface area is 187 Å². The summed E-state index contributed by atoms with van der Waals surface area (Å²) in [6, 6.07) is 37.1. The highest BCUT2D eigenvalue weighted by atomic mass is 16.2. The molecular formula is C30H21NO. The van der Waals surface area contributed by atoms with Gasteiger partial charge in [0.1, 0.15) is 0 Å². The van der Waals surface area contributed by atoms with Gasteiger partial charge in [-0.05, 0) is 58.3 Å². The molecule has 6 rings (SSSR count). The Morgan fingerprint density at radius 3 is 1.75 bits per heavy atom. The number of amides is 1. The lowest BCUT2D eigenvalue weighted by Gasteiger charge is -2.18. The van der Waals surface area contributed by atoms with Crippen molar-refractivity contribution >= 4 is 28.1 Å². The molecule has 0 bridgehead atoms. The number of carbonyl (C=O) groups excluding carboxylic acids is 1. The summed E-state index contributed by atoms with van der Waals surface area (Å²) in [7, 11) is 0. The molecule has 2 nitrogen and oxygen atoms in total. The van der Waals surface area contributed by atoms with Crippen LogP contribution >= 0.6 is 0 Å². The van der Waals surface area contributed by atoms with E-state index in [1.807, 2.05) is 47.4 Å². The van der Waals surface area contributed by atoms with E-state index in [1.54, 1.807) is 0 Å². The number of para-hydroxylation sites is 1. The smallest absolute Gasteiger partial charge is 0.263 e. The molecule has 1 heterocycles. The fourth-order valence-electron chi connectivity index (χ4n) is 5.02. The van der Waals surface area contributed by atoms with E-state index in [1.165, 1.54) is 5.56 Å². The summed E-state index contributed by atoms with van der Waals surface area (Å²) in [6.45, 7) is 2.09. The second-order valence-corrected chi connectivity index (χ2v) is 8.16. The van der Waals surface area contributed by atoms with Gasteiger partial charge < -0.3 is 0 Å². The largest absolute Gasteiger partial charge is 0.276 e. The summed E-state index contributed by atoms with van der Waals surface area (Å²) in [6.07, 6.45) is 0. The van der Waals surface area contributed by atoms with Crippen molar-refractivity contribution in [3.63, 3.8) is 0 Å². The van der Waals surface area contributed by atoms with E-state index in [9.17, 15) is 4.79 Å². The molecule has 0 atom stereocenters. The molecule has 0 spiro atoms. The fraction of sp³-hybridized carbons (Fsp3) is 0.0333. The molecule has 5 aromatic rings. The third-order valence-corrected chi connectivity index (χ3v) is 6.36. The molecular weight excluding hydrogens is 390 g/mol. The third-order valence-electron chi connectivity index (χ3n) is 6.36. The molecule has 0 saturated heterocycles. The highest BCUT2D eigenvalue weighted by molar-refractivity contribution is 6.31. The first kappa shape index (κ1) is 18.6. The number of rotatable bonds is 3. The van der Waals surface area contributed by atoms with Gasteiger partial charge in [-0.2, -0.15) is 0 Å². The van der Waals surface area contributed by atoms with Gasteiger partial charge >= 0.3 is 0 Å². The van der Waals surface area contributed by atoms with E-state index in [2.05, 4.69) is 73.7 Å². The molecule has 5 aromatic carbocycles. The summed E-state index contributed by atoms with van der Waals surface area (Å²) in [5, 5.41) is 2.15. The minimum absolute atomic E-state index is 0.0386. The quantitative estimate of drug-likeness (QED) is 0.297. The van der Waals surface area contributed by atoms with Gasteiger partial charge in [0.15, 0.2) is 0 Å². The molecule has 0 aromatic heterocycles. The number of hydrogen-bond donors (Lipinski definition) is 0. The predicted molar refractivity (Wildman–Crippen MR) is 132 cm³/mol. The van der Waals surface area contributed by atoms with Crippen LogP contribution in [0, 0.1) is 6.92 Å². The van der Waals surface area contributed by atoms with Crippen LogP contribution in [0.5, 0.6) is 0 Å². The molecule has 0 N–H and O–H groups in total. The van der Waals surface area contributed by atoms with Crippen molar-refractivity contribution < 1.29 is 4.79 Å². The maximum Gasteiger partial charge on any atom is 0.263 e. The minimum Gasteiger partial charge on any atom is -0.276 e. The maximum atomic E-state index is 13.9.